The van der Waals surface area contributed by atoms with E-state index in [2.05, 4.69) is 11.9 Å². The maximum atomic E-state index is 14.8. The van der Waals surface area contributed by atoms with Gasteiger partial charge in [0.1, 0.15) is 18.7 Å². The minimum Gasteiger partial charge on any atom is -0.387 e. The minimum atomic E-state index is -0.502. The van der Waals surface area contributed by atoms with Crippen molar-refractivity contribution in [3.63, 3.8) is 0 Å². The monoisotopic (exact) mass is 404 g/mol. The van der Waals surface area contributed by atoms with Crippen LogP contribution in [0.25, 0.3) is 5.57 Å². The summed E-state index contributed by atoms with van der Waals surface area (Å²) >= 11 is 0. The number of aliphatic hydroxyl groups is 1. The molecule has 1 aromatic carbocycles. The number of nitrogens with zero attached hydrogens (tertiary/aromatic N) is 3. The number of nitrogens with one attached hydrogen (secondary N) is 1. The molecule has 2 N–H and O–H groups in total. The number of amides is 1. The molecule has 0 aliphatic carbocycles. The minimum absolute atomic E-state index is 0.217. The van der Waals surface area contributed by atoms with Gasteiger partial charge >= 0.3 is 0 Å². The van der Waals surface area contributed by atoms with Crippen LogP contribution in [0.15, 0.2) is 36.7 Å². The second kappa shape index (κ2) is 10.6. The highest BCUT2D eigenvalue weighted by Gasteiger charge is 2.22. The largest absolute Gasteiger partial charge is 0.387 e. The Balaban J connectivity index is 2.08. The van der Waals surface area contributed by atoms with Gasteiger partial charge in [0.25, 0.3) is 0 Å². The molecule has 0 spiro atoms. The first-order valence-corrected chi connectivity index (χ1v) is 9.54. The standard InChI is InChI=1S/C21H29FN4O3/c1-16(2)23-15-24(10-11-27)13-17(3)18-4-5-20(19(22)12-18)25-6-8-26(9-7-25)21(29)14-28/h4-5,11-13,23,28H,1,6-10,14-15H2,2-3H3/b17-13+. The van der Waals surface area contributed by atoms with Crippen molar-refractivity contribution in [2.45, 2.75) is 13.8 Å². The summed E-state index contributed by atoms with van der Waals surface area (Å²) in [6, 6.07) is 5.07. The number of carbonyl (C=O) groups excluding carboxylic acids is 2. The number of allylic oxidation sites excluding steroid dienone is 2. The third-order valence-electron chi connectivity index (χ3n) is 4.78. The fourth-order valence-corrected chi connectivity index (χ4v) is 3.15. The van der Waals surface area contributed by atoms with E-state index in [1.54, 1.807) is 15.9 Å². The van der Waals surface area contributed by atoms with Crippen molar-refractivity contribution in [3.05, 3.63) is 48.1 Å². The van der Waals surface area contributed by atoms with Crippen LogP contribution in [0, 0.1) is 5.82 Å². The lowest BCUT2D eigenvalue weighted by atomic mass is 10.1. The lowest BCUT2D eigenvalue weighted by Gasteiger charge is -2.36. The number of halogens is 1. The Morgan fingerprint density at radius 3 is 2.55 bits per heavy atom. The molecule has 1 amide bonds. The molecule has 1 aliphatic heterocycles. The molecule has 2 rings (SSSR count). The van der Waals surface area contributed by atoms with Crippen molar-refractivity contribution in [1.82, 2.24) is 15.1 Å². The number of hydrogen-bond donors (Lipinski definition) is 2. The molecule has 0 saturated carbocycles. The summed E-state index contributed by atoms with van der Waals surface area (Å²) < 4.78 is 14.8. The highest BCUT2D eigenvalue weighted by molar-refractivity contribution is 5.77. The maximum Gasteiger partial charge on any atom is 0.248 e. The molecule has 0 atom stereocenters. The van der Waals surface area contributed by atoms with Gasteiger partial charge in [-0.25, -0.2) is 4.39 Å². The van der Waals surface area contributed by atoms with Crippen LogP contribution in [0.5, 0.6) is 0 Å². The van der Waals surface area contributed by atoms with Crippen molar-refractivity contribution in [1.29, 1.82) is 0 Å². The average Bonchev–Trinajstić information content (AvgIpc) is 2.71. The second-order valence-electron chi connectivity index (χ2n) is 7.06. The third kappa shape index (κ3) is 6.32. The normalized spacial score (nSPS) is 14.6. The van der Waals surface area contributed by atoms with Crippen LogP contribution in [0.3, 0.4) is 0 Å². The third-order valence-corrected chi connectivity index (χ3v) is 4.78. The highest BCUT2D eigenvalue weighted by atomic mass is 19.1. The summed E-state index contributed by atoms with van der Waals surface area (Å²) in [6.45, 7) is 9.56. The van der Waals surface area contributed by atoms with Gasteiger partial charge < -0.3 is 29.9 Å². The first-order chi connectivity index (χ1) is 13.8. The molecule has 29 heavy (non-hydrogen) atoms. The quantitative estimate of drug-likeness (QED) is 0.479. The first kappa shape index (κ1) is 22.4. The van der Waals surface area contributed by atoms with Gasteiger partial charge in [-0.2, -0.15) is 0 Å². The molecule has 0 radical (unpaired) electrons. The summed E-state index contributed by atoms with van der Waals surface area (Å²) in [4.78, 5) is 27.7. The Morgan fingerprint density at radius 2 is 2.00 bits per heavy atom. The summed E-state index contributed by atoms with van der Waals surface area (Å²) in [5.74, 6) is -0.638. The molecule has 7 nitrogen and oxygen atoms in total. The maximum absolute atomic E-state index is 14.8. The van der Waals surface area contributed by atoms with Crippen molar-refractivity contribution >= 4 is 23.5 Å². The van der Waals surface area contributed by atoms with E-state index in [9.17, 15) is 14.0 Å². The zero-order valence-electron chi connectivity index (χ0n) is 17.0. The van der Waals surface area contributed by atoms with E-state index < -0.39 is 6.61 Å². The van der Waals surface area contributed by atoms with Crippen molar-refractivity contribution < 1.29 is 19.1 Å². The molecule has 0 unspecified atom stereocenters. The van der Waals surface area contributed by atoms with Gasteiger partial charge in [-0.05, 0) is 37.1 Å². The number of rotatable bonds is 9. The van der Waals surface area contributed by atoms with Gasteiger partial charge in [-0.3, -0.25) is 4.79 Å². The Kier molecular flexibility index (Phi) is 8.21. The van der Waals surface area contributed by atoms with E-state index in [4.69, 9.17) is 5.11 Å². The predicted octanol–water partition coefficient (Wildman–Crippen LogP) is 1.41. The Labute approximate surface area is 171 Å². The summed E-state index contributed by atoms with van der Waals surface area (Å²) in [7, 11) is 0. The molecule has 0 bridgehead atoms. The predicted molar refractivity (Wildman–Crippen MR) is 112 cm³/mol. The number of anilines is 1. The van der Waals surface area contributed by atoms with E-state index in [0.717, 1.165) is 23.1 Å². The van der Waals surface area contributed by atoms with Crippen LogP contribution in [-0.2, 0) is 9.59 Å². The van der Waals surface area contributed by atoms with E-state index in [1.165, 1.54) is 6.07 Å². The zero-order valence-corrected chi connectivity index (χ0v) is 17.0. The van der Waals surface area contributed by atoms with Crippen molar-refractivity contribution in [3.8, 4) is 0 Å². The molecule has 0 aromatic heterocycles. The highest BCUT2D eigenvalue weighted by Crippen LogP contribution is 2.25. The number of carbonyl (C=O) groups is 2. The molecule has 1 heterocycles. The Bertz CT molecular complexity index is 773. The van der Waals surface area contributed by atoms with Crippen LogP contribution in [0.2, 0.25) is 0 Å². The fraction of sp³-hybridized carbons (Fsp3) is 0.429. The number of aldehydes is 1. The molecule has 1 saturated heterocycles. The van der Waals surface area contributed by atoms with Gasteiger partial charge in [-0.1, -0.05) is 12.6 Å². The number of hydrogen-bond acceptors (Lipinski definition) is 6. The van der Waals surface area contributed by atoms with Gasteiger partial charge in [0.15, 0.2) is 0 Å². The topological polar surface area (TPSA) is 76.1 Å². The van der Waals surface area contributed by atoms with E-state index in [0.29, 0.717) is 38.5 Å². The van der Waals surface area contributed by atoms with Gasteiger partial charge in [0.05, 0.1) is 18.9 Å². The van der Waals surface area contributed by atoms with Crippen molar-refractivity contribution in [2.75, 3.05) is 50.9 Å². The smallest absolute Gasteiger partial charge is 0.248 e. The SMILES string of the molecule is C=C(C)NCN(/C=C(\C)c1ccc(N2CCN(C(=O)CO)CC2)c(F)c1)CC=O. The van der Waals surface area contributed by atoms with Crippen LogP contribution in [-0.4, -0.2) is 73.1 Å². The number of aliphatic hydroxyl groups excluding tert-OH is 1. The van der Waals surface area contributed by atoms with E-state index in [1.807, 2.05) is 31.0 Å². The second-order valence-corrected chi connectivity index (χ2v) is 7.06. The molecule has 8 heteroatoms. The molecule has 1 aromatic rings. The average molecular weight is 404 g/mol. The van der Waals surface area contributed by atoms with Gasteiger partial charge in [0, 0.05) is 38.1 Å². The summed E-state index contributed by atoms with van der Waals surface area (Å²) in [5, 5.41) is 12.0. The Morgan fingerprint density at radius 1 is 1.31 bits per heavy atom. The molecule has 158 valence electrons. The lowest BCUT2D eigenvalue weighted by molar-refractivity contribution is -0.134. The number of benzene rings is 1. The number of piperazine rings is 1. The van der Waals surface area contributed by atoms with Gasteiger partial charge in [-0.15, -0.1) is 0 Å². The van der Waals surface area contributed by atoms with E-state index >= 15 is 0 Å². The Hall–Kier alpha value is -2.87. The van der Waals surface area contributed by atoms with Crippen LogP contribution in [0.4, 0.5) is 10.1 Å². The molecule has 1 aliphatic rings. The van der Waals surface area contributed by atoms with Crippen molar-refractivity contribution in [2.24, 2.45) is 0 Å². The van der Waals surface area contributed by atoms with Crippen LogP contribution >= 0.6 is 0 Å². The lowest BCUT2D eigenvalue weighted by Crippen LogP contribution is -2.49. The zero-order chi connectivity index (χ0) is 21.4. The van der Waals surface area contributed by atoms with E-state index in [-0.39, 0.29) is 18.3 Å². The fourth-order valence-electron chi connectivity index (χ4n) is 3.15. The summed E-state index contributed by atoms with van der Waals surface area (Å²) in [5.41, 5.74) is 2.85. The van der Waals surface area contributed by atoms with Gasteiger partial charge in [0.2, 0.25) is 5.91 Å². The van der Waals surface area contributed by atoms with Crippen LogP contribution < -0.4 is 10.2 Å². The summed E-state index contributed by atoms with van der Waals surface area (Å²) in [6.07, 6.45) is 2.63. The first-order valence-electron chi connectivity index (χ1n) is 9.54. The molecular formula is C21H29FN4O3. The molecular weight excluding hydrogens is 375 g/mol. The molecule has 1 fully saturated rings. The van der Waals surface area contributed by atoms with Crippen LogP contribution in [0.1, 0.15) is 19.4 Å².